The van der Waals surface area contributed by atoms with Gasteiger partial charge in [0.25, 0.3) is 0 Å². The molecule has 0 unspecified atom stereocenters. The number of fused-ring (bicyclic) bond motifs is 1. The number of hydrogen-bond acceptors (Lipinski definition) is 2. The van der Waals surface area contributed by atoms with Gasteiger partial charge in [0.05, 0.1) is 17.6 Å². The maximum Gasteiger partial charge on any atom is 0.449 e. The molecule has 1 aromatic heterocycles. The van der Waals surface area contributed by atoms with E-state index in [4.69, 9.17) is 4.74 Å². The Kier molecular flexibility index (Phi) is 5.96. The number of hydrogen-bond donors (Lipinski definition) is 0. The third-order valence-corrected chi connectivity index (χ3v) is 4.73. The summed E-state index contributed by atoms with van der Waals surface area (Å²) in [6.07, 6.45) is -3.23. The highest BCUT2D eigenvalue weighted by atomic mass is 19.4. The average molecular weight is 390 g/mol. The fourth-order valence-corrected chi connectivity index (χ4v) is 3.32. The van der Waals surface area contributed by atoms with Crippen molar-refractivity contribution in [2.45, 2.75) is 52.3 Å². The summed E-state index contributed by atoms with van der Waals surface area (Å²) < 4.78 is 47.2. The van der Waals surface area contributed by atoms with Gasteiger partial charge in [0, 0.05) is 6.54 Å². The van der Waals surface area contributed by atoms with Crippen molar-refractivity contribution in [3.63, 3.8) is 0 Å². The van der Waals surface area contributed by atoms with E-state index in [0.717, 1.165) is 16.9 Å². The van der Waals surface area contributed by atoms with Gasteiger partial charge in [-0.05, 0) is 55.0 Å². The lowest BCUT2D eigenvalue weighted by Crippen LogP contribution is -2.15. The molecule has 3 rings (SSSR count). The molecule has 0 aliphatic rings. The number of rotatable bonds is 7. The Morgan fingerprint density at radius 1 is 1.07 bits per heavy atom. The number of aromatic nitrogens is 2. The highest BCUT2D eigenvalue weighted by molar-refractivity contribution is 5.76. The van der Waals surface area contributed by atoms with Crippen LogP contribution in [0.2, 0.25) is 0 Å². The number of ether oxygens (including phenoxy) is 1. The molecular formula is C22H25F3N2O. The molecule has 2 aromatic carbocycles. The van der Waals surface area contributed by atoms with Crippen molar-refractivity contribution in [1.29, 1.82) is 0 Å². The third kappa shape index (κ3) is 4.49. The van der Waals surface area contributed by atoms with E-state index in [-0.39, 0.29) is 6.54 Å². The first-order valence-corrected chi connectivity index (χ1v) is 9.53. The summed E-state index contributed by atoms with van der Waals surface area (Å²) in [7, 11) is 0. The van der Waals surface area contributed by atoms with E-state index in [0.29, 0.717) is 36.4 Å². The van der Waals surface area contributed by atoms with Crippen LogP contribution in [-0.2, 0) is 12.7 Å². The van der Waals surface area contributed by atoms with Crippen LogP contribution in [-0.4, -0.2) is 16.2 Å². The Labute approximate surface area is 163 Å². The molecule has 0 amide bonds. The van der Waals surface area contributed by atoms with Crippen molar-refractivity contribution < 1.29 is 17.9 Å². The summed E-state index contributed by atoms with van der Waals surface area (Å²) in [5.41, 5.74) is 3.15. The Morgan fingerprint density at radius 2 is 1.82 bits per heavy atom. The molecule has 3 aromatic rings. The Morgan fingerprint density at radius 3 is 2.54 bits per heavy atom. The van der Waals surface area contributed by atoms with Crippen molar-refractivity contribution in [1.82, 2.24) is 9.55 Å². The second kappa shape index (κ2) is 8.25. The van der Waals surface area contributed by atoms with E-state index in [2.05, 4.69) is 31.0 Å². The van der Waals surface area contributed by atoms with Crippen molar-refractivity contribution in [3.05, 3.63) is 59.4 Å². The predicted molar refractivity (Wildman–Crippen MR) is 105 cm³/mol. The first-order valence-electron chi connectivity index (χ1n) is 9.53. The van der Waals surface area contributed by atoms with Gasteiger partial charge in [-0.25, -0.2) is 4.98 Å². The minimum atomic E-state index is -4.47. The number of benzene rings is 2. The normalized spacial score (nSPS) is 12.1. The molecule has 0 fully saturated rings. The number of halogens is 3. The van der Waals surface area contributed by atoms with Crippen molar-refractivity contribution in [2.24, 2.45) is 0 Å². The summed E-state index contributed by atoms with van der Waals surface area (Å²) >= 11 is 0. The quantitative estimate of drug-likeness (QED) is 0.440. The topological polar surface area (TPSA) is 27.1 Å². The molecule has 3 nitrogen and oxygen atoms in total. The molecule has 0 spiro atoms. The minimum Gasteiger partial charge on any atom is -0.493 e. The molecule has 0 aliphatic heterocycles. The number of para-hydroxylation sites is 2. The van der Waals surface area contributed by atoms with E-state index in [9.17, 15) is 13.2 Å². The van der Waals surface area contributed by atoms with Crippen molar-refractivity contribution in [3.8, 4) is 5.75 Å². The number of aryl methyl sites for hydroxylation is 2. The fraction of sp³-hybridized carbons (Fsp3) is 0.409. The molecule has 28 heavy (non-hydrogen) atoms. The molecule has 0 saturated heterocycles. The Balaban J connectivity index is 1.65. The average Bonchev–Trinajstić information content (AvgIpc) is 3.00. The highest BCUT2D eigenvalue weighted by Crippen LogP contribution is 2.32. The first-order chi connectivity index (χ1) is 13.3. The van der Waals surface area contributed by atoms with Gasteiger partial charge in [0.2, 0.25) is 5.82 Å². The van der Waals surface area contributed by atoms with Gasteiger partial charge in [0.1, 0.15) is 5.75 Å². The lowest BCUT2D eigenvalue weighted by atomic mass is 10.0. The highest BCUT2D eigenvalue weighted by Gasteiger charge is 2.37. The van der Waals surface area contributed by atoms with E-state index >= 15 is 0 Å². The summed E-state index contributed by atoms with van der Waals surface area (Å²) in [5, 5.41) is 0. The standard InChI is InChI=1S/C22H25F3N2O/c1-15(2)17-11-10-16(3)14-20(17)28-13-7-6-12-27-19-9-5-4-8-18(19)26-21(27)22(23,24)25/h4-5,8-11,14-15H,6-7,12-13H2,1-3H3. The first kappa shape index (κ1) is 20.2. The molecule has 0 N–H and O–H groups in total. The van der Waals surface area contributed by atoms with E-state index in [1.165, 1.54) is 4.57 Å². The number of imidazole rings is 1. The molecular weight excluding hydrogens is 365 g/mol. The van der Waals surface area contributed by atoms with Gasteiger partial charge in [-0.3, -0.25) is 0 Å². The van der Waals surface area contributed by atoms with Gasteiger partial charge in [-0.2, -0.15) is 13.2 Å². The third-order valence-electron chi connectivity index (χ3n) is 4.73. The molecule has 1 heterocycles. The SMILES string of the molecule is Cc1ccc(C(C)C)c(OCCCCn2c(C(F)(F)F)nc3ccccc32)c1. The van der Waals surface area contributed by atoms with E-state index in [1.54, 1.807) is 24.3 Å². The van der Waals surface area contributed by atoms with Crippen LogP contribution in [0.4, 0.5) is 13.2 Å². The number of alkyl halides is 3. The van der Waals surface area contributed by atoms with Crippen LogP contribution < -0.4 is 4.74 Å². The summed E-state index contributed by atoms with van der Waals surface area (Å²) in [5.74, 6) is 0.372. The number of unbranched alkanes of at least 4 members (excludes halogenated alkanes) is 1. The number of nitrogens with zero attached hydrogens (tertiary/aromatic N) is 2. The van der Waals surface area contributed by atoms with Gasteiger partial charge in [-0.15, -0.1) is 0 Å². The van der Waals surface area contributed by atoms with Crippen LogP contribution >= 0.6 is 0 Å². The largest absolute Gasteiger partial charge is 0.493 e. The minimum absolute atomic E-state index is 0.254. The van der Waals surface area contributed by atoms with Gasteiger partial charge < -0.3 is 9.30 Å². The molecule has 0 saturated carbocycles. The van der Waals surface area contributed by atoms with Gasteiger partial charge in [-0.1, -0.05) is 38.1 Å². The van der Waals surface area contributed by atoms with Crippen LogP contribution in [0.1, 0.15) is 49.6 Å². The zero-order chi connectivity index (χ0) is 20.3. The molecule has 6 heteroatoms. The molecule has 150 valence electrons. The van der Waals surface area contributed by atoms with Crippen molar-refractivity contribution >= 4 is 11.0 Å². The summed E-state index contributed by atoms with van der Waals surface area (Å²) in [4.78, 5) is 3.78. The van der Waals surface area contributed by atoms with E-state index < -0.39 is 12.0 Å². The van der Waals surface area contributed by atoms with Crippen LogP contribution in [0.15, 0.2) is 42.5 Å². The molecule has 0 radical (unpaired) electrons. The van der Waals surface area contributed by atoms with Crippen molar-refractivity contribution in [2.75, 3.05) is 6.61 Å². The van der Waals surface area contributed by atoms with Gasteiger partial charge in [0.15, 0.2) is 0 Å². The maximum absolute atomic E-state index is 13.3. The second-order valence-corrected chi connectivity index (χ2v) is 7.33. The Hall–Kier alpha value is -2.50. The fourth-order valence-electron chi connectivity index (χ4n) is 3.32. The zero-order valence-electron chi connectivity index (χ0n) is 16.4. The van der Waals surface area contributed by atoms with Crippen LogP contribution in [0.5, 0.6) is 5.75 Å². The molecule has 0 aliphatic carbocycles. The van der Waals surface area contributed by atoms with Crippen LogP contribution in [0, 0.1) is 6.92 Å². The predicted octanol–water partition coefficient (Wildman–Crippen LogP) is 6.35. The second-order valence-electron chi connectivity index (χ2n) is 7.33. The van der Waals surface area contributed by atoms with Crippen LogP contribution in [0.25, 0.3) is 11.0 Å². The smallest absolute Gasteiger partial charge is 0.449 e. The lowest BCUT2D eigenvalue weighted by Gasteiger charge is -2.15. The molecule has 0 atom stereocenters. The van der Waals surface area contributed by atoms with Crippen LogP contribution in [0.3, 0.4) is 0 Å². The summed E-state index contributed by atoms with van der Waals surface area (Å²) in [6.45, 7) is 6.96. The Bertz CT molecular complexity index is 945. The van der Waals surface area contributed by atoms with Gasteiger partial charge >= 0.3 is 6.18 Å². The maximum atomic E-state index is 13.3. The van der Waals surface area contributed by atoms with E-state index in [1.807, 2.05) is 13.0 Å². The lowest BCUT2D eigenvalue weighted by molar-refractivity contribution is -0.147. The zero-order valence-corrected chi connectivity index (χ0v) is 16.4. The monoisotopic (exact) mass is 390 g/mol. The molecule has 0 bridgehead atoms. The summed E-state index contributed by atoms with van der Waals surface area (Å²) in [6, 6.07) is 12.9.